The summed E-state index contributed by atoms with van der Waals surface area (Å²) in [6, 6.07) is 4.43. The summed E-state index contributed by atoms with van der Waals surface area (Å²) in [5.74, 6) is 0.326. The minimum Gasteiger partial charge on any atom is -0.463 e. The molecule has 94 valence electrons. The summed E-state index contributed by atoms with van der Waals surface area (Å²) in [6.07, 6.45) is 0.0242. The van der Waals surface area contributed by atoms with Crippen LogP contribution in [0.5, 0.6) is 11.6 Å². The van der Waals surface area contributed by atoms with Crippen LogP contribution in [-0.4, -0.2) is 21.0 Å². The second-order valence-electron chi connectivity index (χ2n) is 3.26. The Kier molecular flexibility index (Phi) is 3.31. The summed E-state index contributed by atoms with van der Waals surface area (Å²) in [4.78, 5) is 10.6. The van der Waals surface area contributed by atoms with Crippen LogP contribution < -0.4 is 10.5 Å². The average Bonchev–Trinajstić information content (AvgIpc) is 2.79. The van der Waals surface area contributed by atoms with E-state index in [1.807, 2.05) is 0 Å². The van der Waals surface area contributed by atoms with Gasteiger partial charge in [0.2, 0.25) is 5.88 Å². The normalized spacial score (nSPS) is 10.3. The molecule has 0 atom stereocenters. The van der Waals surface area contributed by atoms with E-state index in [1.165, 1.54) is 24.4 Å². The highest BCUT2D eigenvalue weighted by Crippen LogP contribution is 2.37. The average molecular weight is 288 g/mol. The Morgan fingerprint density at radius 3 is 2.67 bits per heavy atom. The maximum Gasteiger partial charge on any atom is 0.432 e. The van der Waals surface area contributed by atoms with Crippen molar-refractivity contribution in [2.45, 2.75) is 0 Å². The Labute approximate surface area is 111 Å². The molecule has 6 nitrogen and oxygen atoms in total. The van der Waals surface area contributed by atoms with Crippen molar-refractivity contribution in [3.8, 4) is 11.6 Å². The van der Waals surface area contributed by atoms with E-state index in [4.69, 9.17) is 38.8 Å². The number of halogens is 2. The summed E-state index contributed by atoms with van der Waals surface area (Å²) in [5.41, 5.74) is 5.88. The van der Waals surface area contributed by atoms with Crippen LogP contribution >= 0.6 is 23.2 Å². The molecule has 0 saturated carbocycles. The summed E-state index contributed by atoms with van der Waals surface area (Å²) in [5, 5.41) is 12.7. The second kappa shape index (κ2) is 4.75. The van der Waals surface area contributed by atoms with Gasteiger partial charge in [-0.05, 0) is 12.1 Å². The molecule has 0 aliphatic heterocycles. The standard InChI is InChI=1S/C10H7Cl2N3O3/c11-8-5(13)1-2-6(9(8)12)18-7-3-4-15(14-7)10(16)17/h1-4H,13H2,(H,16,17). The Bertz CT molecular complexity index is 612. The van der Waals surface area contributed by atoms with Crippen molar-refractivity contribution < 1.29 is 14.6 Å². The number of anilines is 1. The van der Waals surface area contributed by atoms with Gasteiger partial charge in [-0.15, -0.1) is 5.10 Å². The molecular formula is C10H7Cl2N3O3. The molecular weight excluding hydrogens is 281 g/mol. The van der Waals surface area contributed by atoms with Gasteiger partial charge in [-0.1, -0.05) is 23.2 Å². The summed E-state index contributed by atoms with van der Waals surface area (Å²) in [7, 11) is 0. The predicted molar refractivity (Wildman–Crippen MR) is 66.6 cm³/mol. The third kappa shape index (κ3) is 2.34. The minimum atomic E-state index is -1.22. The molecule has 18 heavy (non-hydrogen) atoms. The first kappa shape index (κ1) is 12.5. The number of hydrogen-bond acceptors (Lipinski definition) is 4. The van der Waals surface area contributed by atoms with Crippen LogP contribution in [0.3, 0.4) is 0 Å². The van der Waals surface area contributed by atoms with E-state index in [1.54, 1.807) is 0 Å². The lowest BCUT2D eigenvalue weighted by molar-refractivity contribution is 0.192. The molecule has 0 spiro atoms. The number of nitrogens with two attached hydrogens (primary N) is 1. The van der Waals surface area contributed by atoms with Gasteiger partial charge in [-0.2, -0.15) is 4.68 Å². The molecule has 1 aromatic carbocycles. The number of rotatable bonds is 2. The molecule has 0 saturated heterocycles. The summed E-state index contributed by atoms with van der Waals surface area (Å²) in [6.45, 7) is 0. The molecule has 2 aromatic rings. The van der Waals surface area contributed by atoms with Crippen LogP contribution in [0.25, 0.3) is 0 Å². The zero-order chi connectivity index (χ0) is 13.3. The van der Waals surface area contributed by atoms with E-state index in [0.29, 0.717) is 10.4 Å². The molecule has 0 unspecified atom stereocenters. The Morgan fingerprint density at radius 2 is 2.06 bits per heavy atom. The number of carboxylic acid groups (broad SMARTS) is 1. The lowest BCUT2D eigenvalue weighted by Crippen LogP contribution is -2.07. The van der Waals surface area contributed by atoms with Crippen molar-refractivity contribution >= 4 is 35.0 Å². The monoisotopic (exact) mass is 287 g/mol. The van der Waals surface area contributed by atoms with Crippen LogP contribution in [0.4, 0.5) is 10.5 Å². The number of ether oxygens (including phenoxy) is 1. The molecule has 0 bridgehead atoms. The predicted octanol–water partition coefficient (Wildman–Crippen LogP) is 3.09. The Hall–Kier alpha value is -1.92. The first-order chi connectivity index (χ1) is 8.49. The van der Waals surface area contributed by atoms with E-state index < -0.39 is 6.09 Å². The van der Waals surface area contributed by atoms with Gasteiger partial charge in [0.05, 0.1) is 10.7 Å². The zero-order valence-electron chi connectivity index (χ0n) is 8.80. The van der Waals surface area contributed by atoms with Gasteiger partial charge in [-0.25, -0.2) is 4.79 Å². The van der Waals surface area contributed by atoms with Gasteiger partial charge in [0.15, 0.2) is 0 Å². The summed E-state index contributed by atoms with van der Waals surface area (Å²) < 4.78 is 6.02. The highest BCUT2D eigenvalue weighted by Gasteiger charge is 2.12. The number of nitrogen functional groups attached to an aromatic ring is 1. The molecule has 0 fully saturated rings. The van der Waals surface area contributed by atoms with Crippen LogP contribution in [0.1, 0.15) is 0 Å². The minimum absolute atomic E-state index is 0.0835. The lowest BCUT2D eigenvalue weighted by atomic mass is 10.3. The third-order valence-corrected chi connectivity index (χ3v) is 2.93. The van der Waals surface area contributed by atoms with Gasteiger partial charge in [0.1, 0.15) is 10.8 Å². The zero-order valence-corrected chi connectivity index (χ0v) is 10.3. The van der Waals surface area contributed by atoms with Crippen LogP contribution in [0, 0.1) is 0 Å². The van der Waals surface area contributed by atoms with Gasteiger partial charge < -0.3 is 15.6 Å². The van der Waals surface area contributed by atoms with Gasteiger partial charge in [0, 0.05) is 12.3 Å². The highest BCUT2D eigenvalue weighted by atomic mass is 35.5. The van der Waals surface area contributed by atoms with Crippen molar-refractivity contribution in [1.82, 2.24) is 9.78 Å². The molecule has 0 aliphatic rings. The molecule has 1 heterocycles. The van der Waals surface area contributed by atoms with Crippen LogP contribution in [0.2, 0.25) is 10.0 Å². The van der Waals surface area contributed by atoms with Crippen molar-refractivity contribution in [3.05, 3.63) is 34.4 Å². The van der Waals surface area contributed by atoms with Crippen molar-refractivity contribution in [2.24, 2.45) is 0 Å². The number of hydrogen-bond donors (Lipinski definition) is 2. The molecule has 2 rings (SSSR count). The fourth-order valence-electron chi connectivity index (χ4n) is 1.21. The number of carbonyl (C=O) groups is 1. The quantitative estimate of drug-likeness (QED) is 0.829. The van der Waals surface area contributed by atoms with E-state index in [-0.39, 0.29) is 21.7 Å². The maximum absolute atomic E-state index is 10.6. The Balaban J connectivity index is 2.28. The smallest absolute Gasteiger partial charge is 0.432 e. The first-order valence-electron chi connectivity index (χ1n) is 4.69. The molecule has 0 radical (unpaired) electrons. The molecule has 0 aliphatic carbocycles. The SMILES string of the molecule is Nc1ccc(Oc2ccn(C(=O)O)n2)c(Cl)c1Cl. The topological polar surface area (TPSA) is 90.4 Å². The maximum atomic E-state index is 10.6. The highest BCUT2D eigenvalue weighted by molar-refractivity contribution is 6.44. The van der Waals surface area contributed by atoms with Gasteiger partial charge in [0.25, 0.3) is 0 Å². The molecule has 0 amide bonds. The molecule has 1 aromatic heterocycles. The van der Waals surface area contributed by atoms with Crippen LogP contribution in [-0.2, 0) is 0 Å². The van der Waals surface area contributed by atoms with E-state index in [9.17, 15) is 4.79 Å². The summed E-state index contributed by atoms with van der Waals surface area (Å²) >= 11 is 11.8. The molecule has 3 N–H and O–H groups in total. The van der Waals surface area contributed by atoms with Crippen molar-refractivity contribution in [2.75, 3.05) is 5.73 Å². The first-order valence-corrected chi connectivity index (χ1v) is 5.45. The van der Waals surface area contributed by atoms with Crippen LogP contribution in [0.15, 0.2) is 24.4 Å². The number of aromatic nitrogens is 2. The van der Waals surface area contributed by atoms with E-state index in [0.717, 1.165) is 0 Å². The Morgan fingerprint density at radius 1 is 1.33 bits per heavy atom. The van der Waals surface area contributed by atoms with E-state index in [2.05, 4.69) is 5.10 Å². The largest absolute Gasteiger partial charge is 0.463 e. The second-order valence-corrected chi connectivity index (χ2v) is 4.02. The van der Waals surface area contributed by atoms with Crippen molar-refractivity contribution in [1.29, 1.82) is 0 Å². The fourth-order valence-corrected chi connectivity index (χ4v) is 1.57. The number of benzene rings is 1. The lowest BCUT2D eigenvalue weighted by Gasteiger charge is -2.07. The van der Waals surface area contributed by atoms with Gasteiger partial charge >= 0.3 is 6.09 Å². The van der Waals surface area contributed by atoms with Gasteiger partial charge in [-0.3, -0.25) is 0 Å². The van der Waals surface area contributed by atoms with Crippen molar-refractivity contribution in [3.63, 3.8) is 0 Å². The fraction of sp³-hybridized carbons (Fsp3) is 0. The number of nitrogens with zero attached hydrogens (tertiary/aromatic N) is 2. The molecule has 8 heteroatoms. The third-order valence-electron chi connectivity index (χ3n) is 2.05. The van der Waals surface area contributed by atoms with E-state index >= 15 is 0 Å².